The Balaban J connectivity index is 1.95. The highest BCUT2D eigenvalue weighted by Gasteiger charge is 2.28. The van der Waals surface area contributed by atoms with Gasteiger partial charge in [0.1, 0.15) is 12.2 Å². The van der Waals surface area contributed by atoms with E-state index in [1.807, 2.05) is 38.2 Å². The van der Waals surface area contributed by atoms with Crippen molar-refractivity contribution in [2.45, 2.75) is 133 Å². The first-order chi connectivity index (χ1) is 18.7. The summed E-state index contributed by atoms with van der Waals surface area (Å²) in [4.78, 5) is 0. The van der Waals surface area contributed by atoms with Crippen LogP contribution >= 0.6 is 0 Å². The number of rotatable bonds is 11. The van der Waals surface area contributed by atoms with Crippen molar-refractivity contribution in [1.82, 2.24) is 0 Å². The van der Waals surface area contributed by atoms with E-state index >= 15 is 0 Å². The molecular weight excluding hydrogens is 488 g/mol. The molecular formula is C38H58O2. The molecule has 0 aromatic rings. The monoisotopic (exact) mass is 546 g/mol. The highest BCUT2D eigenvalue weighted by Crippen LogP contribution is 2.43. The summed E-state index contributed by atoms with van der Waals surface area (Å²) in [5.41, 5.74) is 10.8. The van der Waals surface area contributed by atoms with Gasteiger partial charge in [-0.25, -0.2) is 0 Å². The molecule has 0 heterocycles. The number of hydrogen-bond donors (Lipinski definition) is 2. The molecule has 0 amide bonds. The van der Waals surface area contributed by atoms with Crippen LogP contribution < -0.4 is 0 Å². The van der Waals surface area contributed by atoms with Crippen LogP contribution in [0.4, 0.5) is 0 Å². The molecule has 2 rings (SSSR count). The predicted octanol–water partition coefficient (Wildman–Crippen LogP) is 10.4. The molecule has 2 N–H and O–H groups in total. The minimum absolute atomic E-state index is 0.290. The van der Waals surface area contributed by atoms with Gasteiger partial charge in [-0.1, -0.05) is 110 Å². The van der Waals surface area contributed by atoms with Crippen LogP contribution in [-0.4, -0.2) is 22.4 Å². The van der Waals surface area contributed by atoms with Crippen LogP contribution in [0.15, 0.2) is 93.2 Å². The normalized spacial score (nSPS) is 23.0. The summed E-state index contributed by atoms with van der Waals surface area (Å²) in [5, 5.41) is 21.5. The highest BCUT2D eigenvalue weighted by molar-refractivity contribution is 5.31. The quantitative estimate of drug-likeness (QED) is 0.200. The first-order valence-corrected chi connectivity index (χ1v) is 15.4. The zero-order valence-corrected chi connectivity index (χ0v) is 27.3. The largest absolute Gasteiger partial charge is 0.386 e. The summed E-state index contributed by atoms with van der Waals surface area (Å²) in [6.07, 6.45) is 24.2. The van der Waals surface area contributed by atoms with Gasteiger partial charge in [0.15, 0.2) is 0 Å². The lowest BCUT2D eigenvalue weighted by molar-refractivity contribution is 0.0658. The van der Waals surface area contributed by atoms with Crippen LogP contribution in [-0.2, 0) is 0 Å². The molecule has 222 valence electrons. The molecule has 2 aliphatic carbocycles. The first kappa shape index (κ1) is 34.0. The van der Waals surface area contributed by atoms with Crippen molar-refractivity contribution >= 4 is 0 Å². The maximum absolute atomic E-state index is 10.7. The van der Waals surface area contributed by atoms with Crippen LogP contribution in [0.2, 0.25) is 0 Å². The lowest BCUT2D eigenvalue weighted by atomic mass is 9.71. The van der Waals surface area contributed by atoms with Crippen molar-refractivity contribution in [1.29, 1.82) is 0 Å². The second kappa shape index (κ2) is 15.2. The Labute approximate surface area is 246 Å². The second-order valence-electron chi connectivity index (χ2n) is 13.7. The third-order valence-electron chi connectivity index (χ3n) is 9.30. The van der Waals surface area contributed by atoms with Crippen LogP contribution in [0.5, 0.6) is 0 Å². The fraction of sp³-hybridized carbons (Fsp3) is 0.579. The van der Waals surface area contributed by atoms with E-state index in [4.69, 9.17) is 0 Å². The molecule has 0 aliphatic heterocycles. The van der Waals surface area contributed by atoms with Crippen LogP contribution in [0, 0.1) is 10.8 Å². The smallest absolute Gasteiger partial charge is 0.105 e. The van der Waals surface area contributed by atoms with Crippen LogP contribution in [0.1, 0.15) is 121 Å². The van der Waals surface area contributed by atoms with Gasteiger partial charge < -0.3 is 10.2 Å². The topological polar surface area (TPSA) is 40.5 Å². The van der Waals surface area contributed by atoms with Gasteiger partial charge in [0.05, 0.1) is 0 Å². The summed E-state index contributed by atoms with van der Waals surface area (Å²) in [6, 6.07) is 0. The molecule has 0 saturated heterocycles. The van der Waals surface area contributed by atoms with Crippen LogP contribution in [0.25, 0.3) is 0 Å². The molecule has 0 radical (unpaired) electrons. The lowest BCUT2D eigenvalue weighted by Gasteiger charge is -2.34. The molecule has 2 atom stereocenters. The fourth-order valence-corrected chi connectivity index (χ4v) is 6.31. The standard InChI is InChI=1S/C38H58O2/c1-27(21-23-33-29(3)19-13-25-37(33,7)8)15-11-17-31(5)35(39)36(40)32(6)18-12-16-28(2)22-24-34-30(4)20-14-26-38(34,9)10/h11-12,15-18,21-22,35-36,39-40H,13-14,19-20,23-26H2,1-10H3/b15-11+,16-12+,27-21+,28-22+,31-17+,32-18+. The summed E-state index contributed by atoms with van der Waals surface area (Å²) in [5.74, 6) is 0. The van der Waals surface area contributed by atoms with E-state index < -0.39 is 12.2 Å². The average Bonchev–Trinajstić information content (AvgIpc) is 2.86. The molecule has 2 nitrogen and oxygen atoms in total. The maximum Gasteiger partial charge on any atom is 0.105 e. The Kier molecular flexibility index (Phi) is 12.9. The van der Waals surface area contributed by atoms with Gasteiger partial charge in [0, 0.05) is 0 Å². The zero-order chi connectivity index (χ0) is 30.1. The maximum atomic E-state index is 10.7. The molecule has 0 spiro atoms. The molecule has 0 fully saturated rings. The molecule has 0 aromatic heterocycles. The first-order valence-electron chi connectivity index (χ1n) is 15.4. The number of aliphatic hydroxyl groups is 2. The average molecular weight is 547 g/mol. The Morgan fingerprint density at radius 3 is 1.35 bits per heavy atom. The Hall–Kier alpha value is -2.16. The molecule has 2 heteroatoms. The number of hydrogen-bond acceptors (Lipinski definition) is 2. The Bertz CT molecular complexity index is 1030. The van der Waals surface area contributed by atoms with Gasteiger partial charge >= 0.3 is 0 Å². The summed E-state index contributed by atoms with van der Waals surface area (Å²) >= 11 is 0. The van der Waals surface area contributed by atoms with E-state index in [9.17, 15) is 10.2 Å². The summed E-state index contributed by atoms with van der Waals surface area (Å²) in [6.45, 7) is 22.0. The van der Waals surface area contributed by atoms with E-state index in [0.717, 1.165) is 24.0 Å². The SMILES string of the molecule is CC1=C(C/C=C(C)/C=C/C=C(\C)C(O)C(O)/C(C)=C/C=C/C(C)=C/CC2=C(C)CCCC2(C)C)C(C)(C)CCC1. The minimum atomic E-state index is -0.936. The molecule has 2 aliphatic rings. The van der Waals surface area contributed by atoms with Crippen molar-refractivity contribution in [3.63, 3.8) is 0 Å². The minimum Gasteiger partial charge on any atom is -0.386 e. The molecule has 0 saturated carbocycles. The van der Waals surface area contributed by atoms with Crippen LogP contribution in [0.3, 0.4) is 0 Å². The molecule has 2 unspecified atom stereocenters. The Morgan fingerprint density at radius 1 is 0.675 bits per heavy atom. The van der Waals surface area contributed by atoms with E-state index in [1.165, 1.54) is 49.7 Å². The van der Waals surface area contributed by atoms with E-state index in [1.54, 1.807) is 22.3 Å². The molecule has 40 heavy (non-hydrogen) atoms. The van der Waals surface area contributed by atoms with Gasteiger partial charge in [-0.2, -0.15) is 0 Å². The highest BCUT2D eigenvalue weighted by atomic mass is 16.3. The second-order valence-corrected chi connectivity index (χ2v) is 13.7. The third-order valence-corrected chi connectivity index (χ3v) is 9.30. The molecule has 0 bridgehead atoms. The summed E-state index contributed by atoms with van der Waals surface area (Å²) in [7, 11) is 0. The van der Waals surface area contributed by atoms with Gasteiger partial charge in [-0.05, 0) is 115 Å². The zero-order valence-electron chi connectivity index (χ0n) is 27.3. The van der Waals surface area contributed by atoms with Gasteiger partial charge in [-0.15, -0.1) is 0 Å². The number of aliphatic hydroxyl groups excluding tert-OH is 2. The molecule has 0 aromatic carbocycles. The van der Waals surface area contributed by atoms with Crippen molar-refractivity contribution in [3.05, 3.63) is 93.2 Å². The van der Waals surface area contributed by atoms with E-state index in [2.05, 4.69) is 79.7 Å². The van der Waals surface area contributed by atoms with E-state index in [-0.39, 0.29) is 10.8 Å². The lowest BCUT2D eigenvalue weighted by Crippen LogP contribution is -2.27. The van der Waals surface area contributed by atoms with Crippen molar-refractivity contribution in [2.75, 3.05) is 0 Å². The van der Waals surface area contributed by atoms with Crippen molar-refractivity contribution < 1.29 is 10.2 Å². The van der Waals surface area contributed by atoms with Crippen molar-refractivity contribution in [2.24, 2.45) is 10.8 Å². The third kappa shape index (κ3) is 10.0. The van der Waals surface area contributed by atoms with Gasteiger partial charge in [0.2, 0.25) is 0 Å². The van der Waals surface area contributed by atoms with Gasteiger partial charge in [0.25, 0.3) is 0 Å². The fourth-order valence-electron chi connectivity index (χ4n) is 6.31. The van der Waals surface area contributed by atoms with Crippen molar-refractivity contribution in [3.8, 4) is 0 Å². The van der Waals surface area contributed by atoms with Gasteiger partial charge in [-0.3, -0.25) is 0 Å². The number of allylic oxidation sites excluding steroid dienone is 14. The Morgan fingerprint density at radius 2 is 1.02 bits per heavy atom. The summed E-state index contributed by atoms with van der Waals surface area (Å²) < 4.78 is 0. The van der Waals surface area contributed by atoms with E-state index in [0.29, 0.717) is 0 Å². The predicted molar refractivity (Wildman–Crippen MR) is 175 cm³/mol.